The van der Waals surface area contributed by atoms with Crippen molar-refractivity contribution in [2.45, 2.75) is 37.6 Å². The molecule has 0 bridgehead atoms. The maximum atomic E-state index is 12.3. The van der Waals surface area contributed by atoms with Gasteiger partial charge in [-0.05, 0) is 48.8 Å². The third-order valence-electron chi connectivity index (χ3n) is 4.65. The average Bonchev–Trinajstić information content (AvgIpc) is 2.61. The Morgan fingerprint density at radius 2 is 2.08 bits per heavy atom. The lowest BCUT2D eigenvalue weighted by Gasteiger charge is -2.28. The number of rotatable bonds is 5. The topological polar surface area (TPSA) is 99.3 Å². The molecule has 0 spiro atoms. The van der Waals surface area contributed by atoms with E-state index in [1.807, 2.05) is 18.2 Å². The smallest absolute Gasteiger partial charge is 0.326 e. The van der Waals surface area contributed by atoms with Gasteiger partial charge in [-0.15, -0.1) is 0 Å². The Hall–Kier alpha value is -2.89. The van der Waals surface area contributed by atoms with Gasteiger partial charge in [-0.1, -0.05) is 24.3 Å². The quantitative estimate of drug-likeness (QED) is 0.776. The van der Waals surface area contributed by atoms with Gasteiger partial charge in [-0.3, -0.25) is 9.59 Å². The Balaban J connectivity index is 1.76. The standard InChI is InChI=1S/C19H20N2O4/c22-17-11-14(8-9-20-17)18(23)21-16(19(24)25)10-13-6-3-5-12-4-1-2-7-15(12)13/h1-2,4,7-9,11,13,16H,3,5-6,10H2,(H,20,22)(H,21,23)(H,24,25). The molecule has 1 heterocycles. The maximum Gasteiger partial charge on any atom is 0.326 e. The molecule has 0 radical (unpaired) electrons. The minimum atomic E-state index is -1.07. The normalized spacial score (nSPS) is 17.4. The molecule has 6 nitrogen and oxygen atoms in total. The lowest BCUT2D eigenvalue weighted by atomic mass is 9.79. The summed E-state index contributed by atoms with van der Waals surface area (Å²) in [5.41, 5.74) is 2.17. The van der Waals surface area contributed by atoms with E-state index in [1.54, 1.807) is 0 Å². The van der Waals surface area contributed by atoms with E-state index in [0.717, 1.165) is 25.3 Å². The number of amides is 1. The SMILES string of the molecule is O=C(NC(CC1CCCc2ccccc21)C(=O)O)c1cc[nH]c(=O)c1. The number of carboxylic acid groups (broad SMARTS) is 1. The first-order chi connectivity index (χ1) is 12.0. The highest BCUT2D eigenvalue weighted by Gasteiger charge is 2.28. The van der Waals surface area contributed by atoms with Gasteiger partial charge in [0.25, 0.3) is 5.91 Å². The van der Waals surface area contributed by atoms with Crippen LogP contribution in [0, 0.1) is 0 Å². The fourth-order valence-electron chi connectivity index (χ4n) is 3.43. The molecule has 1 aromatic heterocycles. The Morgan fingerprint density at radius 1 is 1.28 bits per heavy atom. The van der Waals surface area contributed by atoms with Crippen LogP contribution in [0.5, 0.6) is 0 Å². The van der Waals surface area contributed by atoms with Crippen LogP contribution >= 0.6 is 0 Å². The number of fused-ring (bicyclic) bond motifs is 1. The number of pyridine rings is 1. The van der Waals surface area contributed by atoms with Gasteiger partial charge in [0, 0.05) is 17.8 Å². The summed E-state index contributed by atoms with van der Waals surface area (Å²) in [4.78, 5) is 37.7. The van der Waals surface area contributed by atoms with E-state index in [1.165, 1.54) is 23.4 Å². The van der Waals surface area contributed by atoms with Crippen molar-refractivity contribution in [1.29, 1.82) is 0 Å². The number of aryl methyl sites for hydroxylation is 1. The van der Waals surface area contributed by atoms with E-state index < -0.39 is 23.5 Å². The van der Waals surface area contributed by atoms with Gasteiger partial charge >= 0.3 is 5.97 Å². The number of carbonyl (C=O) groups is 2. The predicted molar refractivity (Wildman–Crippen MR) is 92.7 cm³/mol. The number of hydrogen-bond donors (Lipinski definition) is 3. The summed E-state index contributed by atoms with van der Waals surface area (Å²) in [6.07, 6.45) is 4.62. The zero-order valence-electron chi connectivity index (χ0n) is 13.7. The van der Waals surface area contributed by atoms with Gasteiger partial charge in [0.2, 0.25) is 5.56 Å². The van der Waals surface area contributed by atoms with Crippen LogP contribution in [0.3, 0.4) is 0 Å². The van der Waals surface area contributed by atoms with E-state index in [0.29, 0.717) is 6.42 Å². The molecule has 3 N–H and O–H groups in total. The van der Waals surface area contributed by atoms with Crippen molar-refractivity contribution in [3.63, 3.8) is 0 Å². The van der Waals surface area contributed by atoms with E-state index in [4.69, 9.17) is 0 Å². The van der Waals surface area contributed by atoms with Crippen LogP contribution in [0.25, 0.3) is 0 Å². The molecular weight excluding hydrogens is 320 g/mol. The molecule has 0 saturated heterocycles. The van der Waals surface area contributed by atoms with Gasteiger partial charge in [-0.25, -0.2) is 4.79 Å². The van der Waals surface area contributed by atoms with Crippen molar-refractivity contribution in [2.75, 3.05) is 0 Å². The fourth-order valence-corrected chi connectivity index (χ4v) is 3.43. The second-order valence-corrected chi connectivity index (χ2v) is 6.33. The summed E-state index contributed by atoms with van der Waals surface area (Å²) in [5, 5.41) is 12.1. The average molecular weight is 340 g/mol. The summed E-state index contributed by atoms with van der Waals surface area (Å²) in [6, 6.07) is 9.67. The fraction of sp³-hybridized carbons (Fsp3) is 0.316. The Morgan fingerprint density at radius 3 is 2.84 bits per heavy atom. The molecule has 1 amide bonds. The number of carbonyl (C=O) groups excluding carboxylic acids is 1. The second kappa shape index (κ2) is 7.34. The molecule has 2 aromatic rings. The van der Waals surface area contributed by atoms with Crippen LogP contribution in [-0.2, 0) is 11.2 Å². The molecule has 6 heteroatoms. The zero-order chi connectivity index (χ0) is 17.8. The van der Waals surface area contributed by atoms with Crippen LogP contribution in [0.2, 0.25) is 0 Å². The van der Waals surface area contributed by atoms with Crippen molar-refractivity contribution in [3.05, 3.63) is 69.6 Å². The van der Waals surface area contributed by atoms with Gasteiger partial charge in [-0.2, -0.15) is 0 Å². The number of benzene rings is 1. The van der Waals surface area contributed by atoms with Crippen LogP contribution in [0.15, 0.2) is 47.4 Å². The molecule has 1 aliphatic rings. The largest absolute Gasteiger partial charge is 0.480 e. The molecule has 1 aromatic carbocycles. The summed E-state index contributed by atoms with van der Waals surface area (Å²) in [7, 11) is 0. The van der Waals surface area contributed by atoms with Gasteiger partial charge in [0.1, 0.15) is 6.04 Å². The molecule has 2 atom stereocenters. The molecule has 1 aliphatic carbocycles. The minimum absolute atomic E-state index is 0.102. The number of nitrogens with one attached hydrogen (secondary N) is 2. The lowest BCUT2D eigenvalue weighted by Crippen LogP contribution is -2.42. The van der Waals surface area contributed by atoms with Crippen LogP contribution in [0.1, 0.15) is 46.7 Å². The van der Waals surface area contributed by atoms with Crippen LogP contribution in [-0.4, -0.2) is 28.0 Å². The van der Waals surface area contributed by atoms with E-state index in [2.05, 4.69) is 16.4 Å². The minimum Gasteiger partial charge on any atom is -0.480 e. The number of aliphatic carboxylic acids is 1. The van der Waals surface area contributed by atoms with Crippen molar-refractivity contribution in [3.8, 4) is 0 Å². The number of aromatic nitrogens is 1. The molecule has 0 fully saturated rings. The highest BCUT2D eigenvalue weighted by Crippen LogP contribution is 2.34. The maximum absolute atomic E-state index is 12.3. The molecule has 25 heavy (non-hydrogen) atoms. The third kappa shape index (κ3) is 3.96. The molecule has 130 valence electrons. The molecule has 3 rings (SSSR count). The second-order valence-electron chi connectivity index (χ2n) is 6.33. The summed E-state index contributed by atoms with van der Waals surface area (Å²) < 4.78 is 0. The number of H-pyrrole nitrogens is 1. The Labute approximate surface area is 144 Å². The van der Waals surface area contributed by atoms with Crippen molar-refractivity contribution >= 4 is 11.9 Å². The van der Waals surface area contributed by atoms with Crippen LogP contribution in [0.4, 0.5) is 0 Å². The first kappa shape index (κ1) is 17.0. The Kier molecular flexibility index (Phi) is 4.97. The number of hydrogen-bond acceptors (Lipinski definition) is 3. The molecule has 0 aliphatic heterocycles. The predicted octanol–water partition coefficient (Wildman–Crippen LogP) is 2.07. The van der Waals surface area contributed by atoms with Gasteiger partial charge in [0.15, 0.2) is 0 Å². The van der Waals surface area contributed by atoms with Crippen molar-refractivity contribution in [2.24, 2.45) is 0 Å². The van der Waals surface area contributed by atoms with Gasteiger partial charge in [0.05, 0.1) is 0 Å². The summed E-state index contributed by atoms with van der Waals surface area (Å²) >= 11 is 0. The highest BCUT2D eigenvalue weighted by atomic mass is 16.4. The van der Waals surface area contributed by atoms with E-state index in [9.17, 15) is 19.5 Å². The van der Waals surface area contributed by atoms with E-state index >= 15 is 0 Å². The highest BCUT2D eigenvalue weighted by molar-refractivity contribution is 5.96. The Bertz CT molecular complexity index is 843. The summed E-state index contributed by atoms with van der Waals surface area (Å²) in [5.74, 6) is -1.52. The monoisotopic (exact) mass is 340 g/mol. The van der Waals surface area contributed by atoms with Crippen molar-refractivity contribution in [1.82, 2.24) is 10.3 Å². The first-order valence-electron chi connectivity index (χ1n) is 8.35. The van der Waals surface area contributed by atoms with E-state index in [-0.39, 0.29) is 11.5 Å². The molecule has 0 saturated carbocycles. The first-order valence-corrected chi connectivity index (χ1v) is 8.35. The summed E-state index contributed by atoms with van der Waals surface area (Å²) in [6.45, 7) is 0. The van der Waals surface area contributed by atoms with Crippen LogP contribution < -0.4 is 10.9 Å². The molecule has 2 unspecified atom stereocenters. The van der Waals surface area contributed by atoms with Gasteiger partial charge < -0.3 is 15.4 Å². The number of aromatic amines is 1. The zero-order valence-corrected chi connectivity index (χ0v) is 13.7. The lowest BCUT2D eigenvalue weighted by molar-refractivity contribution is -0.139. The third-order valence-corrected chi connectivity index (χ3v) is 4.65. The molecular formula is C19H20N2O4. The van der Waals surface area contributed by atoms with Crippen molar-refractivity contribution < 1.29 is 14.7 Å². The number of carboxylic acids is 1.